The Morgan fingerprint density at radius 2 is 1.74 bits per heavy atom. The van der Waals surface area contributed by atoms with Crippen LogP contribution >= 0.6 is 11.3 Å². The van der Waals surface area contributed by atoms with Crippen molar-refractivity contribution in [3.05, 3.63) is 63.9 Å². The van der Waals surface area contributed by atoms with Gasteiger partial charge in [-0.25, -0.2) is 9.67 Å². The second-order valence-corrected chi connectivity index (χ2v) is 8.27. The molecule has 1 N–H and O–H groups in total. The maximum atomic E-state index is 12.9. The van der Waals surface area contributed by atoms with Crippen LogP contribution in [0.4, 0.5) is 18.9 Å². The number of rotatable bonds is 6. The third kappa shape index (κ3) is 5.17. The zero-order valence-electron chi connectivity index (χ0n) is 17.8. The van der Waals surface area contributed by atoms with Crippen molar-refractivity contribution in [1.29, 1.82) is 0 Å². The Balaban J connectivity index is 1.60. The number of thiazole rings is 1. The van der Waals surface area contributed by atoms with Gasteiger partial charge in [-0.15, -0.1) is 24.5 Å². The minimum absolute atomic E-state index is 0.199. The normalized spacial score (nSPS) is 11.4. The van der Waals surface area contributed by atoms with Crippen LogP contribution in [0.15, 0.2) is 53.3 Å². The van der Waals surface area contributed by atoms with Crippen LogP contribution in [0.1, 0.15) is 5.01 Å². The van der Waals surface area contributed by atoms with Crippen LogP contribution < -0.4 is 20.3 Å². The van der Waals surface area contributed by atoms with E-state index in [4.69, 9.17) is 4.74 Å². The molecule has 12 heteroatoms. The van der Waals surface area contributed by atoms with Crippen LogP contribution in [0.5, 0.6) is 11.5 Å². The van der Waals surface area contributed by atoms with Gasteiger partial charge in [0, 0.05) is 11.3 Å². The van der Waals surface area contributed by atoms with Crippen molar-refractivity contribution in [3.8, 4) is 22.8 Å². The molecule has 0 aliphatic rings. The fourth-order valence-corrected chi connectivity index (χ4v) is 4.10. The molecule has 0 saturated heterocycles. The maximum Gasteiger partial charge on any atom is 0.573 e. The molecule has 176 valence electrons. The van der Waals surface area contributed by atoms with Crippen LogP contribution in [-0.2, 0) is 11.3 Å². The minimum atomic E-state index is -4.81. The first-order valence-corrected chi connectivity index (χ1v) is 10.6. The van der Waals surface area contributed by atoms with Crippen molar-refractivity contribution in [3.63, 3.8) is 0 Å². The number of halogens is 3. The molecule has 2 aromatic heterocycles. The van der Waals surface area contributed by atoms with E-state index in [2.05, 4.69) is 20.1 Å². The summed E-state index contributed by atoms with van der Waals surface area (Å²) in [5.41, 5.74) is 1.10. The van der Waals surface area contributed by atoms with Gasteiger partial charge in [-0.05, 0) is 55.5 Å². The van der Waals surface area contributed by atoms with Gasteiger partial charge in [-0.1, -0.05) is 0 Å². The number of alkyl halides is 3. The fourth-order valence-electron chi connectivity index (χ4n) is 3.19. The highest BCUT2D eigenvalue weighted by molar-refractivity contribution is 7.19. The molecule has 0 saturated carbocycles. The quantitative estimate of drug-likeness (QED) is 0.431. The molecule has 0 spiro atoms. The molecular formula is C22H17F3N4O4S. The van der Waals surface area contributed by atoms with Gasteiger partial charge in [0.15, 0.2) is 5.52 Å². The van der Waals surface area contributed by atoms with Gasteiger partial charge in [0.2, 0.25) is 5.91 Å². The first-order valence-electron chi connectivity index (χ1n) is 9.81. The number of hydrogen-bond acceptors (Lipinski definition) is 7. The molecule has 0 atom stereocenters. The highest BCUT2D eigenvalue weighted by atomic mass is 32.1. The highest BCUT2D eigenvalue weighted by Crippen LogP contribution is 2.30. The Labute approximate surface area is 194 Å². The van der Waals surface area contributed by atoms with E-state index in [1.807, 2.05) is 0 Å². The van der Waals surface area contributed by atoms with Crippen molar-refractivity contribution in [1.82, 2.24) is 14.8 Å². The lowest BCUT2D eigenvalue weighted by Gasteiger charge is -2.11. The van der Waals surface area contributed by atoms with Crippen LogP contribution in [0.3, 0.4) is 0 Å². The smallest absolute Gasteiger partial charge is 0.497 e. The lowest BCUT2D eigenvalue weighted by molar-refractivity contribution is -0.274. The summed E-state index contributed by atoms with van der Waals surface area (Å²) in [7, 11) is 1.55. The number of anilines is 1. The van der Waals surface area contributed by atoms with E-state index in [0.29, 0.717) is 26.7 Å². The largest absolute Gasteiger partial charge is 0.573 e. The van der Waals surface area contributed by atoms with Gasteiger partial charge < -0.3 is 14.8 Å². The molecule has 2 aromatic carbocycles. The highest BCUT2D eigenvalue weighted by Gasteiger charge is 2.31. The standard InChI is InChI=1S/C22H17F3N4O4S/c1-12-26-19-20(34-12)18(13-3-7-15(32-2)8-4-13)28-29(21(19)31)11-17(30)27-14-5-9-16(10-6-14)33-22(23,24)25/h3-10H,11H2,1-2H3,(H,27,30). The zero-order chi connectivity index (χ0) is 24.5. The van der Waals surface area contributed by atoms with E-state index in [9.17, 15) is 22.8 Å². The molecule has 1 amide bonds. The number of amides is 1. The topological polar surface area (TPSA) is 95.3 Å². The summed E-state index contributed by atoms with van der Waals surface area (Å²) < 4.78 is 47.5. The second-order valence-electron chi connectivity index (χ2n) is 7.07. The summed E-state index contributed by atoms with van der Waals surface area (Å²) in [6, 6.07) is 11.7. The summed E-state index contributed by atoms with van der Waals surface area (Å²) in [4.78, 5) is 29.8. The molecule has 0 radical (unpaired) electrons. The number of aryl methyl sites for hydroxylation is 1. The molecule has 34 heavy (non-hydrogen) atoms. The Morgan fingerprint density at radius 3 is 2.35 bits per heavy atom. The summed E-state index contributed by atoms with van der Waals surface area (Å²) in [6.45, 7) is 1.35. The van der Waals surface area contributed by atoms with Crippen molar-refractivity contribution in [2.75, 3.05) is 12.4 Å². The first-order chi connectivity index (χ1) is 16.1. The molecule has 0 aliphatic heterocycles. The molecule has 8 nitrogen and oxygen atoms in total. The number of benzene rings is 2. The van der Waals surface area contributed by atoms with E-state index in [-0.39, 0.29) is 11.2 Å². The average molecular weight is 490 g/mol. The maximum absolute atomic E-state index is 12.9. The van der Waals surface area contributed by atoms with Gasteiger partial charge in [-0.2, -0.15) is 5.10 Å². The molecule has 0 bridgehead atoms. The van der Waals surface area contributed by atoms with Crippen molar-refractivity contribution >= 4 is 33.1 Å². The van der Waals surface area contributed by atoms with Gasteiger partial charge in [-0.3, -0.25) is 9.59 Å². The average Bonchev–Trinajstić information content (AvgIpc) is 3.18. The van der Waals surface area contributed by atoms with Crippen LogP contribution in [0.2, 0.25) is 0 Å². The van der Waals surface area contributed by atoms with E-state index < -0.39 is 30.1 Å². The first kappa shape index (κ1) is 23.2. The van der Waals surface area contributed by atoms with Crippen LogP contribution in [-0.4, -0.2) is 34.1 Å². The van der Waals surface area contributed by atoms with Crippen molar-refractivity contribution in [2.45, 2.75) is 19.8 Å². The number of carbonyl (C=O) groups excluding carboxylic acids is 1. The summed E-state index contributed by atoms with van der Waals surface area (Å²) >= 11 is 1.32. The van der Waals surface area contributed by atoms with Crippen molar-refractivity contribution < 1.29 is 27.4 Å². The summed E-state index contributed by atoms with van der Waals surface area (Å²) in [5, 5.41) is 7.60. The Bertz CT molecular complexity index is 1400. The number of methoxy groups -OCH3 is 1. The number of hydrogen-bond donors (Lipinski definition) is 1. The number of aromatic nitrogens is 3. The summed E-state index contributed by atoms with van der Waals surface area (Å²) in [6.07, 6.45) is -4.81. The van der Waals surface area contributed by atoms with Gasteiger partial charge in [0.25, 0.3) is 5.56 Å². The van der Waals surface area contributed by atoms with Gasteiger partial charge in [0.1, 0.15) is 23.7 Å². The molecule has 0 fully saturated rings. The predicted octanol–water partition coefficient (Wildman–Crippen LogP) is 4.37. The van der Waals surface area contributed by atoms with E-state index in [1.165, 1.54) is 23.5 Å². The van der Waals surface area contributed by atoms with Crippen LogP contribution in [0.25, 0.3) is 21.5 Å². The SMILES string of the molecule is COc1ccc(-c2nn(CC(=O)Nc3ccc(OC(F)(F)F)cc3)c(=O)c3nc(C)sc23)cc1. The predicted molar refractivity (Wildman–Crippen MR) is 120 cm³/mol. The fraction of sp³-hybridized carbons (Fsp3) is 0.182. The minimum Gasteiger partial charge on any atom is -0.497 e. The van der Waals surface area contributed by atoms with Crippen molar-refractivity contribution in [2.24, 2.45) is 0 Å². The number of nitrogens with one attached hydrogen (secondary N) is 1. The number of ether oxygens (including phenoxy) is 2. The molecule has 0 aliphatic carbocycles. The molecule has 4 aromatic rings. The van der Waals surface area contributed by atoms with E-state index >= 15 is 0 Å². The second kappa shape index (κ2) is 9.14. The van der Waals surface area contributed by atoms with Gasteiger partial charge >= 0.3 is 6.36 Å². The van der Waals surface area contributed by atoms with Crippen LogP contribution in [0, 0.1) is 6.92 Å². The number of nitrogens with zero attached hydrogens (tertiary/aromatic N) is 3. The van der Waals surface area contributed by atoms with Gasteiger partial charge in [0.05, 0.1) is 16.8 Å². The Morgan fingerprint density at radius 1 is 1.09 bits per heavy atom. The molecule has 0 unspecified atom stereocenters. The molecular weight excluding hydrogens is 473 g/mol. The molecule has 4 rings (SSSR count). The monoisotopic (exact) mass is 490 g/mol. The number of fused-ring (bicyclic) bond motifs is 1. The van der Waals surface area contributed by atoms with E-state index in [0.717, 1.165) is 16.8 Å². The molecule has 2 heterocycles. The summed E-state index contributed by atoms with van der Waals surface area (Å²) in [5.74, 6) is -0.359. The number of carbonyl (C=O) groups is 1. The third-order valence-electron chi connectivity index (χ3n) is 4.64. The Kier molecular flexibility index (Phi) is 6.24. The Hall–Kier alpha value is -3.93. The zero-order valence-corrected chi connectivity index (χ0v) is 18.7. The third-order valence-corrected chi connectivity index (χ3v) is 5.61. The van der Waals surface area contributed by atoms with E-state index in [1.54, 1.807) is 38.3 Å². The lowest BCUT2D eigenvalue weighted by Crippen LogP contribution is -2.30. The lowest BCUT2D eigenvalue weighted by atomic mass is 10.1.